The average molecular weight is 473 g/mol. The quantitative estimate of drug-likeness (QED) is 0.504. The molecule has 1 N–H and O–H groups in total. The van der Waals surface area contributed by atoms with E-state index in [-0.39, 0.29) is 29.4 Å². The Kier molecular flexibility index (Phi) is 9.61. The average Bonchev–Trinajstić information content (AvgIpc) is 3.33. The maximum Gasteiger partial charge on any atom is 0.243 e. The van der Waals surface area contributed by atoms with Gasteiger partial charge in [0.1, 0.15) is 17.6 Å². The Morgan fingerprint density at radius 1 is 1.15 bits per heavy atom. The summed E-state index contributed by atoms with van der Waals surface area (Å²) in [6, 6.07) is 13.8. The van der Waals surface area contributed by atoms with Gasteiger partial charge in [0.15, 0.2) is 0 Å². The molecule has 2 aromatic carbocycles. The first kappa shape index (κ1) is 25.1. The second-order valence-corrected chi connectivity index (χ2v) is 9.35. The molecule has 1 fully saturated rings. The summed E-state index contributed by atoms with van der Waals surface area (Å²) in [7, 11) is 1.61. The molecule has 2 aromatic rings. The van der Waals surface area contributed by atoms with Gasteiger partial charge in [0.2, 0.25) is 11.8 Å². The Balaban J connectivity index is 1.71. The summed E-state index contributed by atoms with van der Waals surface area (Å²) in [5, 5.41) is 3.15. The summed E-state index contributed by atoms with van der Waals surface area (Å²) < 4.78 is 19.2. The normalized spacial score (nSPS) is 14.6. The fraction of sp³-hybridized carbons (Fsp3) is 0.462. The van der Waals surface area contributed by atoms with Crippen LogP contribution >= 0.6 is 11.8 Å². The van der Waals surface area contributed by atoms with Gasteiger partial charge in [-0.15, -0.1) is 11.8 Å². The predicted molar refractivity (Wildman–Crippen MR) is 131 cm³/mol. The molecule has 0 spiro atoms. The van der Waals surface area contributed by atoms with Gasteiger partial charge in [-0.1, -0.05) is 50.1 Å². The van der Waals surface area contributed by atoms with Crippen LogP contribution in [0.3, 0.4) is 0 Å². The molecule has 7 heteroatoms. The van der Waals surface area contributed by atoms with Gasteiger partial charge in [-0.3, -0.25) is 9.59 Å². The molecule has 0 radical (unpaired) electrons. The van der Waals surface area contributed by atoms with Crippen molar-refractivity contribution in [3.63, 3.8) is 0 Å². The van der Waals surface area contributed by atoms with Crippen molar-refractivity contribution in [3.8, 4) is 5.75 Å². The summed E-state index contributed by atoms with van der Waals surface area (Å²) in [4.78, 5) is 28.1. The van der Waals surface area contributed by atoms with E-state index in [1.807, 2.05) is 31.2 Å². The predicted octanol–water partition coefficient (Wildman–Crippen LogP) is 4.93. The Labute approximate surface area is 200 Å². The van der Waals surface area contributed by atoms with E-state index in [2.05, 4.69) is 5.32 Å². The lowest BCUT2D eigenvalue weighted by Crippen LogP contribution is -2.51. The first-order chi connectivity index (χ1) is 16.0. The lowest BCUT2D eigenvalue weighted by Gasteiger charge is -2.31. The van der Waals surface area contributed by atoms with Gasteiger partial charge in [0, 0.05) is 18.3 Å². The van der Waals surface area contributed by atoms with E-state index in [0.717, 1.165) is 37.0 Å². The minimum absolute atomic E-state index is 0.0923. The number of hydrogen-bond acceptors (Lipinski definition) is 4. The van der Waals surface area contributed by atoms with Gasteiger partial charge < -0.3 is 15.0 Å². The van der Waals surface area contributed by atoms with Crippen LogP contribution in [0.4, 0.5) is 4.39 Å². The Bertz CT molecular complexity index is 916. The molecule has 178 valence electrons. The highest BCUT2D eigenvalue weighted by Crippen LogP contribution is 2.22. The first-order valence-electron chi connectivity index (χ1n) is 11.6. The van der Waals surface area contributed by atoms with Gasteiger partial charge >= 0.3 is 0 Å². The zero-order valence-corrected chi connectivity index (χ0v) is 20.2. The second-order valence-electron chi connectivity index (χ2n) is 8.37. The molecule has 0 bridgehead atoms. The molecule has 1 aliphatic rings. The zero-order valence-electron chi connectivity index (χ0n) is 19.4. The third-order valence-corrected chi connectivity index (χ3v) is 7.01. The van der Waals surface area contributed by atoms with Crippen LogP contribution in [-0.2, 0) is 21.9 Å². The summed E-state index contributed by atoms with van der Waals surface area (Å²) in [6.07, 6.45) is 4.77. The van der Waals surface area contributed by atoms with Crippen molar-refractivity contribution in [2.24, 2.45) is 0 Å². The first-order valence-corrected chi connectivity index (χ1v) is 12.7. The van der Waals surface area contributed by atoms with Crippen molar-refractivity contribution in [2.75, 3.05) is 12.9 Å². The third-order valence-electron chi connectivity index (χ3n) is 6.04. The number of nitrogens with one attached hydrogen (secondary N) is 1. The minimum atomic E-state index is -0.547. The molecule has 1 atom stereocenters. The fourth-order valence-electron chi connectivity index (χ4n) is 4.16. The van der Waals surface area contributed by atoms with Crippen molar-refractivity contribution in [1.29, 1.82) is 0 Å². The molecule has 0 heterocycles. The highest BCUT2D eigenvalue weighted by Gasteiger charge is 2.30. The molecule has 0 aliphatic heterocycles. The number of nitrogens with zero attached hydrogens (tertiary/aromatic N) is 1. The summed E-state index contributed by atoms with van der Waals surface area (Å²) in [5.74, 6) is 0.835. The van der Waals surface area contributed by atoms with Crippen LogP contribution in [-0.4, -0.2) is 41.7 Å². The maximum absolute atomic E-state index is 13.9. The number of benzene rings is 2. The lowest BCUT2D eigenvalue weighted by atomic mass is 10.1. The van der Waals surface area contributed by atoms with Crippen molar-refractivity contribution in [2.45, 2.75) is 63.4 Å². The van der Waals surface area contributed by atoms with E-state index >= 15 is 0 Å². The molecule has 5 nitrogen and oxygen atoms in total. The molecular weight excluding hydrogens is 439 g/mol. The van der Waals surface area contributed by atoms with Crippen LogP contribution in [0.25, 0.3) is 0 Å². The van der Waals surface area contributed by atoms with Gasteiger partial charge in [-0.05, 0) is 48.6 Å². The topological polar surface area (TPSA) is 58.6 Å². The lowest BCUT2D eigenvalue weighted by molar-refractivity contribution is -0.139. The van der Waals surface area contributed by atoms with Crippen molar-refractivity contribution in [1.82, 2.24) is 10.2 Å². The largest absolute Gasteiger partial charge is 0.497 e. The van der Waals surface area contributed by atoms with Crippen LogP contribution < -0.4 is 10.1 Å². The van der Waals surface area contributed by atoms with Crippen LogP contribution in [0, 0.1) is 5.82 Å². The molecule has 1 saturated carbocycles. The smallest absolute Gasteiger partial charge is 0.243 e. The number of halogens is 1. The number of hydrogen-bond donors (Lipinski definition) is 1. The standard InChI is InChI=1S/C26H33FN2O3S/c1-3-24(26(31)28-21-9-5-6-10-21)29(16-19-12-14-22(32-2)15-13-19)25(30)18-33-17-20-8-4-7-11-23(20)27/h4,7-8,11-15,21,24H,3,5-6,9-10,16-18H2,1-2H3,(H,28,31)/t24-/m1/s1. The molecule has 1 aliphatic carbocycles. The van der Waals surface area contributed by atoms with E-state index < -0.39 is 6.04 Å². The minimum Gasteiger partial charge on any atom is -0.497 e. The molecule has 0 saturated heterocycles. The van der Waals surface area contributed by atoms with E-state index in [4.69, 9.17) is 4.74 Å². The number of carbonyl (C=O) groups is 2. The fourth-order valence-corrected chi connectivity index (χ4v) is 5.06. The number of carbonyl (C=O) groups excluding carboxylic acids is 2. The summed E-state index contributed by atoms with van der Waals surface area (Å²) >= 11 is 1.36. The maximum atomic E-state index is 13.9. The molecule has 0 aromatic heterocycles. The molecule has 0 unspecified atom stereocenters. The third kappa shape index (κ3) is 7.22. The van der Waals surface area contributed by atoms with Crippen molar-refractivity contribution in [3.05, 3.63) is 65.5 Å². The van der Waals surface area contributed by atoms with Crippen molar-refractivity contribution >= 4 is 23.6 Å². The molecule has 3 rings (SSSR count). The summed E-state index contributed by atoms with van der Waals surface area (Å²) in [6.45, 7) is 2.26. The summed E-state index contributed by atoms with van der Waals surface area (Å²) in [5.41, 5.74) is 1.50. The monoisotopic (exact) mass is 472 g/mol. The highest BCUT2D eigenvalue weighted by atomic mass is 32.2. The van der Waals surface area contributed by atoms with Gasteiger partial charge in [0.25, 0.3) is 0 Å². The van der Waals surface area contributed by atoms with E-state index in [1.165, 1.54) is 17.8 Å². The SMILES string of the molecule is CC[C@H](C(=O)NC1CCCC1)N(Cc1ccc(OC)cc1)C(=O)CSCc1ccccc1F. The van der Waals surface area contributed by atoms with E-state index in [0.29, 0.717) is 24.3 Å². The number of amides is 2. The van der Waals surface area contributed by atoms with Crippen LogP contribution in [0.2, 0.25) is 0 Å². The zero-order chi connectivity index (χ0) is 23.6. The number of methoxy groups -OCH3 is 1. The highest BCUT2D eigenvalue weighted by molar-refractivity contribution is 7.99. The second kappa shape index (κ2) is 12.6. The van der Waals surface area contributed by atoms with Crippen LogP contribution in [0.5, 0.6) is 5.75 Å². The van der Waals surface area contributed by atoms with Gasteiger partial charge in [-0.25, -0.2) is 4.39 Å². The van der Waals surface area contributed by atoms with Gasteiger partial charge in [-0.2, -0.15) is 0 Å². The Morgan fingerprint density at radius 2 is 1.85 bits per heavy atom. The molecule has 2 amide bonds. The van der Waals surface area contributed by atoms with E-state index in [1.54, 1.807) is 30.2 Å². The number of thioether (sulfide) groups is 1. The Morgan fingerprint density at radius 3 is 2.48 bits per heavy atom. The van der Waals surface area contributed by atoms with E-state index in [9.17, 15) is 14.0 Å². The number of rotatable bonds is 11. The molecule has 33 heavy (non-hydrogen) atoms. The van der Waals surface area contributed by atoms with Crippen molar-refractivity contribution < 1.29 is 18.7 Å². The number of ether oxygens (including phenoxy) is 1. The van der Waals surface area contributed by atoms with Gasteiger partial charge in [0.05, 0.1) is 12.9 Å². The Hall–Kier alpha value is -2.54. The van der Waals surface area contributed by atoms with Crippen LogP contribution in [0.1, 0.15) is 50.2 Å². The van der Waals surface area contributed by atoms with Crippen LogP contribution in [0.15, 0.2) is 48.5 Å². The molecular formula is C26H33FN2O3S.